The van der Waals surface area contributed by atoms with E-state index >= 15 is 0 Å². The topological polar surface area (TPSA) is 3.24 Å². The first-order chi connectivity index (χ1) is 25.3. The van der Waals surface area contributed by atoms with Gasteiger partial charge in [-0.2, -0.15) is 0 Å². The molecule has 0 N–H and O–H groups in total. The number of fused-ring (bicyclic) bond motifs is 9. The van der Waals surface area contributed by atoms with Crippen LogP contribution < -0.4 is 4.90 Å². The Morgan fingerprint density at radius 1 is 0.314 bits per heavy atom. The largest absolute Gasteiger partial charge is 0.310 e. The summed E-state index contributed by atoms with van der Waals surface area (Å²) >= 11 is 0. The second-order valence-electron chi connectivity index (χ2n) is 13.7. The lowest BCUT2D eigenvalue weighted by Crippen LogP contribution is -2.34. The molecule has 2 aliphatic carbocycles. The van der Waals surface area contributed by atoms with Gasteiger partial charge in [-0.3, -0.25) is 0 Å². The van der Waals surface area contributed by atoms with E-state index in [0.29, 0.717) is 0 Å². The van der Waals surface area contributed by atoms with Crippen molar-refractivity contribution < 1.29 is 0 Å². The molecule has 2 aliphatic rings. The second-order valence-corrected chi connectivity index (χ2v) is 13.7. The molecule has 0 unspecified atom stereocenters. The Bertz CT molecular complexity index is 2400. The maximum Gasteiger partial charge on any atom is 0.0719 e. The van der Waals surface area contributed by atoms with Crippen LogP contribution in [0.15, 0.2) is 200 Å². The molecule has 51 heavy (non-hydrogen) atoms. The average molecular weight is 650 g/mol. The Labute approximate surface area is 299 Å². The molecule has 8 aromatic rings. The molecule has 0 fully saturated rings. The van der Waals surface area contributed by atoms with E-state index in [1.165, 1.54) is 66.8 Å². The normalized spacial score (nSPS) is 13.2. The first-order valence-electron chi connectivity index (χ1n) is 17.8. The molecule has 0 aromatic heterocycles. The van der Waals surface area contributed by atoms with Gasteiger partial charge in [0.25, 0.3) is 0 Å². The number of hydrogen-bond donors (Lipinski definition) is 0. The van der Waals surface area contributed by atoms with Crippen LogP contribution in [0.1, 0.15) is 33.4 Å². The third-order valence-electron chi connectivity index (χ3n) is 11.0. The first-order valence-corrected chi connectivity index (χ1v) is 17.8. The zero-order chi connectivity index (χ0) is 33.8. The molecule has 1 nitrogen and oxygen atoms in total. The summed E-state index contributed by atoms with van der Waals surface area (Å²) in [5.74, 6) is 0. The molecule has 0 saturated heterocycles. The van der Waals surface area contributed by atoms with Crippen LogP contribution in [0.4, 0.5) is 17.1 Å². The third kappa shape index (κ3) is 4.62. The summed E-state index contributed by atoms with van der Waals surface area (Å²) in [7, 11) is 0. The minimum atomic E-state index is -0.366. The molecule has 240 valence electrons. The molecule has 0 heterocycles. The van der Waals surface area contributed by atoms with Crippen LogP contribution in [0.2, 0.25) is 0 Å². The molecular formula is C50H35N. The average Bonchev–Trinajstić information content (AvgIpc) is 3.50. The van der Waals surface area contributed by atoms with Gasteiger partial charge in [0.1, 0.15) is 0 Å². The van der Waals surface area contributed by atoms with Gasteiger partial charge in [0.15, 0.2) is 0 Å². The summed E-state index contributed by atoms with van der Waals surface area (Å²) in [6.45, 7) is 0. The van der Waals surface area contributed by atoms with Gasteiger partial charge in [0.05, 0.1) is 5.41 Å². The highest BCUT2D eigenvalue weighted by molar-refractivity contribution is 5.89. The lowest BCUT2D eigenvalue weighted by molar-refractivity contribution is 0.722. The Morgan fingerprint density at radius 3 is 1.27 bits per heavy atom. The number of rotatable bonds is 5. The second kappa shape index (κ2) is 11.9. The number of benzene rings is 8. The van der Waals surface area contributed by atoms with Gasteiger partial charge in [0, 0.05) is 17.1 Å². The third-order valence-corrected chi connectivity index (χ3v) is 11.0. The van der Waals surface area contributed by atoms with Gasteiger partial charge >= 0.3 is 0 Å². The molecule has 1 spiro atoms. The quantitative estimate of drug-likeness (QED) is 0.179. The Balaban J connectivity index is 1.15. The van der Waals surface area contributed by atoms with Gasteiger partial charge in [-0.15, -0.1) is 0 Å². The summed E-state index contributed by atoms with van der Waals surface area (Å²) < 4.78 is 0. The molecule has 0 bridgehead atoms. The lowest BCUT2D eigenvalue weighted by Gasteiger charge is -2.40. The van der Waals surface area contributed by atoms with Crippen LogP contribution >= 0.6 is 0 Å². The maximum atomic E-state index is 2.45. The van der Waals surface area contributed by atoms with Crippen molar-refractivity contribution in [3.05, 3.63) is 234 Å². The van der Waals surface area contributed by atoms with Crippen molar-refractivity contribution in [3.8, 4) is 33.4 Å². The van der Waals surface area contributed by atoms with Crippen molar-refractivity contribution in [1.29, 1.82) is 0 Å². The highest BCUT2D eigenvalue weighted by Crippen LogP contribution is 2.59. The van der Waals surface area contributed by atoms with Crippen molar-refractivity contribution in [2.24, 2.45) is 0 Å². The molecule has 1 heteroatoms. The van der Waals surface area contributed by atoms with Gasteiger partial charge in [-0.1, -0.05) is 164 Å². The Morgan fingerprint density at radius 2 is 0.725 bits per heavy atom. The first kappa shape index (κ1) is 29.5. The van der Waals surface area contributed by atoms with Crippen molar-refractivity contribution in [2.75, 3.05) is 4.90 Å². The molecule has 0 amide bonds. The highest BCUT2D eigenvalue weighted by Gasteiger charge is 2.49. The fourth-order valence-corrected chi connectivity index (χ4v) is 8.75. The van der Waals surface area contributed by atoms with Crippen LogP contribution in [0, 0.1) is 0 Å². The maximum absolute atomic E-state index is 2.45. The van der Waals surface area contributed by atoms with Crippen molar-refractivity contribution >= 4 is 17.1 Å². The van der Waals surface area contributed by atoms with Crippen LogP contribution in [0.3, 0.4) is 0 Å². The van der Waals surface area contributed by atoms with E-state index in [-0.39, 0.29) is 5.41 Å². The zero-order valence-corrected chi connectivity index (χ0v) is 28.2. The standard InChI is InChI=1S/C50H35N/c1-3-13-35(14-4-1)37-23-27-41(28-24-37)51(42-29-25-38(26-30-42)36-15-5-2-6-16-36)43-31-32-47-40(34-43)33-39-17-7-10-20-46(39)50(47)48-21-11-8-18-44(48)45-19-9-12-22-49(45)50/h1-32,34H,33H2. The fraction of sp³-hybridized carbons (Fsp3) is 0.0400. The van der Waals surface area contributed by atoms with Gasteiger partial charge in [-0.25, -0.2) is 0 Å². The fourth-order valence-electron chi connectivity index (χ4n) is 8.75. The van der Waals surface area contributed by atoms with Gasteiger partial charge < -0.3 is 4.90 Å². The van der Waals surface area contributed by atoms with Crippen molar-refractivity contribution in [3.63, 3.8) is 0 Å². The molecule has 0 radical (unpaired) electrons. The molecular weight excluding hydrogens is 615 g/mol. The summed E-state index contributed by atoms with van der Waals surface area (Å²) in [6, 6.07) is 73.6. The van der Waals surface area contributed by atoms with E-state index < -0.39 is 0 Å². The lowest BCUT2D eigenvalue weighted by atomic mass is 9.61. The summed E-state index contributed by atoms with van der Waals surface area (Å²) in [5, 5.41) is 0. The van der Waals surface area contributed by atoms with E-state index in [4.69, 9.17) is 0 Å². The smallest absolute Gasteiger partial charge is 0.0719 e. The van der Waals surface area contributed by atoms with E-state index in [1.54, 1.807) is 0 Å². The van der Waals surface area contributed by atoms with Crippen LogP contribution in [0.5, 0.6) is 0 Å². The van der Waals surface area contributed by atoms with E-state index in [0.717, 1.165) is 23.5 Å². The van der Waals surface area contributed by atoms with Gasteiger partial charge in [0.2, 0.25) is 0 Å². The Hall–Kier alpha value is -6.44. The van der Waals surface area contributed by atoms with Crippen molar-refractivity contribution in [1.82, 2.24) is 0 Å². The van der Waals surface area contributed by atoms with Crippen molar-refractivity contribution in [2.45, 2.75) is 11.8 Å². The summed E-state index contributed by atoms with van der Waals surface area (Å²) in [6.07, 6.45) is 0.888. The summed E-state index contributed by atoms with van der Waals surface area (Å²) in [4.78, 5) is 2.41. The van der Waals surface area contributed by atoms with Crippen LogP contribution in [-0.2, 0) is 11.8 Å². The predicted octanol–water partition coefficient (Wildman–Crippen LogP) is 12.8. The molecule has 8 aromatic carbocycles. The number of anilines is 3. The SMILES string of the molecule is c1ccc(-c2ccc(N(c3ccc(-c4ccccc4)cc3)c3ccc4c(c3)Cc3ccccc3C43c4ccccc4-c4ccccc43)cc2)cc1. The summed E-state index contributed by atoms with van der Waals surface area (Å²) in [5.41, 5.74) is 18.8. The number of hydrogen-bond acceptors (Lipinski definition) is 1. The minimum absolute atomic E-state index is 0.366. The van der Waals surface area contributed by atoms with Crippen LogP contribution in [0.25, 0.3) is 33.4 Å². The number of nitrogens with zero attached hydrogens (tertiary/aromatic N) is 1. The van der Waals surface area contributed by atoms with E-state index in [2.05, 4.69) is 205 Å². The molecule has 0 saturated carbocycles. The predicted molar refractivity (Wildman–Crippen MR) is 212 cm³/mol. The Kier molecular flexibility index (Phi) is 6.85. The van der Waals surface area contributed by atoms with Gasteiger partial charge in [-0.05, 0) is 110 Å². The van der Waals surface area contributed by atoms with E-state index in [9.17, 15) is 0 Å². The molecule has 0 atom stereocenters. The molecule has 0 aliphatic heterocycles. The van der Waals surface area contributed by atoms with Crippen LogP contribution in [-0.4, -0.2) is 0 Å². The van der Waals surface area contributed by atoms with E-state index in [1.807, 2.05) is 0 Å². The highest BCUT2D eigenvalue weighted by atomic mass is 15.1. The molecule has 10 rings (SSSR count). The zero-order valence-electron chi connectivity index (χ0n) is 28.2. The monoisotopic (exact) mass is 649 g/mol. The minimum Gasteiger partial charge on any atom is -0.310 e.